The molecule has 3 aliphatic heterocycles. The fourth-order valence-electron chi connectivity index (χ4n) is 7.59. The maximum absolute atomic E-state index is 14.2. The van der Waals surface area contributed by atoms with Crippen molar-refractivity contribution >= 4 is 28.7 Å². The van der Waals surface area contributed by atoms with E-state index in [9.17, 15) is 37.8 Å². The normalized spacial score (nSPS) is 31.7. The minimum absolute atomic E-state index is 0.00435. The maximum atomic E-state index is 14.2. The Morgan fingerprint density at radius 1 is 1.20 bits per heavy atom. The van der Waals surface area contributed by atoms with E-state index in [1.54, 1.807) is 13.8 Å². The number of carbonyl (C=O) groups is 3. The highest BCUT2D eigenvalue weighted by Gasteiger charge is 2.63. The fraction of sp³-hybridized carbons (Fsp3) is 0.600. The van der Waals surface area contributed by atoms with Gasteiger partial charge in [-0.05, 0) is 50.8 Å². The van der Waals surface area contributed by atoms with Gasteiger partial charge in [-0.1, -0.05) is 31.9 Å². The number of aromatic nitrogens is 1. The van der Waals surface area contributed by atoms with Crippen molar-refractivity contribution in [2.75, 3.05) is 20.3 Å². The molecule has 2 fully saturated rings. The van der Waals surface area contributed by atoms with Gasteiger partial charge < -0.3 is 34.6 Å². The predicted molar refractivity (Wildman–Crippen MR) is 169 cm³/mol. The molecule has 0 radical (unpaired) electrons. The average Bonchev–Trinajstić information content (AvgIpc) is 3.64. The molecule has 1 spiro atoms. The number of aliphatic hydroxyl groups is 2. The van der Waals surface area contributed by atoms with Gasteiger partial charge in [0.05, 0.1) is 31.9 Å². The summed E-state index contributed by atoms with van der Waals surface area (Å²) in [4.78, 5) is 46.9. The number of hydrogen-bond acceptors (Lipinski definition) is 9. The van der Waals surface area contributed by atoms with Gasteiger partial charge in [-0.3, -0.25) is 9.59 Å². The number of rotatable bonds is 4. The third-order valence-corrected chi connectivity index (χ3v) is 10.3. The number of nitrogens with one attached hydrogen (secondary N) is 1. The Morgan fingerprint density at radius 3 is 2.69 bits per heavy atom. The van der Waals surface area contributed by atoms with Gasteiger partial charge >= 0.3 is 12.1 Å². The first-order valence-corrected chi connectivity index (χ1v) is 16.8. The molecule has 4 heterocycles. The van der Waals surface area contributed by atoms with Crippen molar-refractivity contribution in [2.24, 2.45) is 11.8 Å². The highest BCUT2D eigenvalue weighted by molar-refractivity contribution is 5.96. The van der Waals surface area contributed by atoms with Gasteiger partial charge in [0.15, 0.2) is 11.9 Å². The van der Waals surface area contributed by atoms with E-state index in [1.807, 2.05) is 12.2 Å². The zero-order valence-electron chi connectivity index (χ0n) is 27.7. The summed E-state index contributed by atoms with van der Waals surface area (Å²) >= 11 is 0. The molecule has 1 saturated heterocycles. The topological polar surface area (TPSA) is 148 Å². The van der Waals surface area contributed by atoms with Crippen LogP contribution in [0.25, 0.3) is 10.9 Å². The molecule has 1 saturated carbocycles. The fourth-order valence-corrected chi connectivity index (χ4v) is 7.59. The second-order valence-electron chi connectivity index (χ2n) is 13.7. The Hall–Kier alpha value is -3.91. The average molecular weight is 690 g/mol. The number of aliphatic hydroxyl groups excluding tert-OH is 2. The first kappa shape index (κ1) is 34.9. The molecular weight excluding hydrogens is 647 g/mol. The number of nitrogens with zero attached hydrogens (tertiary/aromatic N) is 2. The summed E-state index contributed by atoms with van der Waals surface area (Å²) in [5.74, 6) is -2.44. The lowest BCUT2D eigenvalue weighted by Gasteiger charge is -2.39. The van der Waals surface area contributed by atoms with Crippen LogP contribution >= 0.6 is 0 Å². The van der Waals surface area contributed by atoms with E-state index < -0.39 is 64.8 Å². The monoisotopic (exact) mass is 689 g/mol. The lowest BCUT2D eigenvalue weighted by Crippen LogP contribution is -2.54. The number of alkyl halides is 3. The van der Waals surface area contributed by atoms with E-state index in [1.165, 1.54) is 30.2 Å². The molecule has 1 aromatic carbocycles. The van der Waals surface area contributed by atoms with Crippen molar-refractivity contribution in [3.05, 3.63) is 41.6 Å². The van der Waals surface area contributed by atoms with Gasteiger partial charge in [-0.25, -0.2) is 9.78 Å². The summed E-state index contributed by atoms with van der Waals surface area (Å²) in [6.07, 6.45) is -1.81. The molecule has 4 aliphatic rings. The Bertz CT molecular complexity index is 1670. The van der Waals surface area contributed by atoms with Crippen molar-refractivity contribution in [3.63, 3.8) is 0 Å². The number of benzene rings is 1. The molecule has 1 aromatic heterocycles. The van der Waals surface area contributed by atoms with Gasteiger partial charge in [0.1, 0.15) is 28.6 Å². The Balaban J connectivity index is 1.42. The minimum Gasteiger partial charge on any atom is -0.497 e. The number of allylic oxidation sites excluding steroid dienone is 1. The molecule has 2 unspecified atom stereocenters. The smallest absolute Gasteiger partial charge is 0.420 e. The highest BCUT2D eigenvalue weighted by atomic mass is 19.4. The third kappa shape index (κ3) is 6.44. The first-order chi connectivity index (χ1) is 23.2. The Morgan fingerprint density at radius 2 is 1.98 bits per heavy atom. The van der Waals surface area contributed by atoms with E-state index in [4.69, 9.17) is 14.2 Å². The quantitative estimate of drug-likeness (QED) is 0.310. The molecule has 0 bridgehead atoms. The number of halogens is 3. The van der Waals surface area contributed by atoms with Crippen molar-refractivity contribution in [2.45, 2.75) is 101 Å². The number of esters is 1. The van der Waals surface area contributed by atoms with Crippen LogP contribution in [0.5, 0.6) is 11.5 Å². The zero-order valence-corrected chi connectivity index (χ0v) is 27.7. The molecule has 6 rings (SSSR count). The summed E-state index contributed by atoms with van der Waals surface area (Å²) < 4.78 is 59.1. The zero-order chi connectivity index (χ0) is 35.3. The SMILES string of the molecule is CCOC(=O)[C@@]12C[C@H]1/C=C\CCCCC[C@H](C)C(=O)N1C[C@@]3(CC(O)c4c(c(C(O)C(F)(F)F)nc5ccc(OC)cc45)O3)C[C@H]1C(=O)N2. The molecule has 3 N–H and O–H groups in total. The van der Waals surface area contributed by atoms with Crippen LogP contribution in [0.4, 0.5) is 13.2 Å². The van der Waals surface area contributed by atoms with Crippen molar-refractivity contribution < 1.29 is 52.0 Å². The van der Waals surface area contributed by atoms with Gasteiger partial charge in [-0.2, -0.15) is 13.2 Å². The first-order valence-electron chi connectivity index (χ1n) is 16.8. The lowest BCUT2D eigenvalue weighted by atomic mass is 9.84. The molecule has 266 valence electrons. The Labute approximate surface area is 281 Å². The van der Waals surface area contributed by atoms with Crippen LogP contribution in [-0.2, 0) is 19.1 Å². The van der Waals surface area contributed by atoms with E-state index in [2.05, 4.69) is 10.3 Å². The number of methoxy groups -OCH3 is 1. The third-order valence-electron chi connectivity index (χ3n) is 10.3. The number of hydrogen-bond donors (Lipinski definition) is 3. The number of amides is 2. The van der Waals surface area contributed by atoms with Gasteiger partial charge in [0, 0.05) is 35.6 Å². The van der Waals surface area contributed by atoms with Crippen LogP contribution < -0.4 is 14.8 Å². The number of pyridine rings is 1. The molecule has 14 heteroatoms. The summed E-state index contributed by atoms with van der Waals surface area (Å²) in [6, 6.07) is 3.27. The molecule has 7 atom stereocenters. The number of fused-ring (bicyclic) bond motifs is 5. The molecule has 2 aromatic rings. The highest BCUT2D eigenvalue weighted by Crippen LogP contribution is 2.52. The summed E-state index contributed by atoms with van der Waals surface area (Å²) in [5.41, 5.74) is -3.60. The van der Waals surface area contributed by atoms with Gasteiger partial charge in [-0.15, -0.1) is 0 Å². The van der Waals surface area contributed by atoms with Crippen LogP contribution in [0.3, 0.4) is 0 Å². The van der Waals surface area contributed by atoms with Crippen LogP contribution in [0, 0.1) is 11.8 Å². The maximum Gasteiger partial charge on any atom is 0.420 e. The van der Waals surface area contributed by atoms with Crippen LogP contribution in [0.2, 0.25) is 0 Å². The van der Waals surface area contributed by atoms with Crippen LogP contribution in [0.1, 0.15) is 88.7 Å². The Kier molecular flexibility index (Phi) is 9.33. The van der Waals surface area contributed by atoms with Crippen molar-refractivity contribution in [1.82, 2.24) is 15.2 Å². The molecule has 2 amide bonds. The molecule has 49 heavy (non-hydrogen) atoms. The van der Waals surface area contributed by atoms with Crippen molar-refractivity contribution in [1.29, 1.82) is 0 Å². The predicted octanol–water partition coefficient (Wildman–Crippen LogP) is 4.59. The van der Waals surface area contributed by atoms with E-state index in [0.717, 1.165) is 25.7 Å². The van der Waals surface area contributed by atoms with Crippen molar-refractivity contribution in [3.8, 4) is 11.5 Å². The summed E-state index contributed by atoms with van der Waals surface area (Å²) in [5, 5.41) is 25.3. The second-order valence-corrected chi connectivity index (χ2v) is 13.7. The number of carbonyl (C=O) groups excluding carboxylic acids is 3. The molecular formula is C35H42F3N3O8. The number of ether oxygens (including phenoxy) is 3. The van der Waals surface area contributed by atoms with Crippen LogP contribution in [0.15, 0.2) is 30.4 Å². The summed E-state index contributed by atoms with van der Waals surface area (Å²) in [6.45, 7) is 3.32. The van der Waals surface area contributed by atoms with Gasteiger partial charge in [0.2, 0.25) is 11.8 Å². The van der Waals surface area contributed by atoms with E-state index in [-0.39, 0.29) is 54.3 Å². The standard InChI is InChI=1S/C35H42F3N3O8/c1-4-48-32(46)34-15-20(34)11-9-7-5-6-8-10-19(2)31(45)41-18-33(16-24(41)30(44)40-34)17-25(42)26-22-14-21(47-3)12-13-23(22)39-27(28(26)49-33)29(43)35(36,37)38/h9,11-14,19-20,24-25,29,42-43H,4-8,10,15-18H2,1-3H3,(H,40,44)/b11-9-/t19-,20+,24-,25?,29?,33-,34+/m0/s1. The second kappa shape index (κ2) is 13.1. The van der Waals surface area contributed by atoms with Crippen LogP contribution in [-0.4, -0.2) is 81.5 Å². The van der Waals surface area contributed by atoms with Gasteiger partial charge in [0.25, 0.3) is 0 Å². The summed E-state index contributed by atoms with van der Waals surface area (Å²) in [7, 11) is 1.42. The van der Waals surface area contributed by atoms with E-state index >= 15 is 0 Å². The largest absolute Gasteiger partial charge is 0.497 e. The minimum atomic E-state index is -5.12. The molecule has 1 aliphatic carbocycles. The lowest BCUT2D eigenvalue weighted by molar-refractivity contribution is -0.208. The molecule has 11 nitrogen and oxygen atoms in total. The van der Waals surface area contributed by atoms with E-state index in [0.29, 0.717) is 18.6 Å².